The van der Waals surface area contributed by atoms with Crippen LogP contribution in [-0.4, -0.2) is 40.1 Å². The second-order valence-corrected chi connectivity index (χ2v) is 5.78. The van der Waals surface area contributed by atoms with Crippen LogP contribution in [-0.2, 0) is 0 Å². The summed E-state index contributed by atoms with van der Waals surface area (Å²) in [4.78, 5) is 37.6. The van der Waals surface area contributed by atoms with Crippen LogP contribution in [0.15, 0.2) is 17.1 Å². The highest BCUT2D eigenvalue weighted by Crippen LogP contribution is 2.24. The number of aromatic nitrogens is 1. The number of fused-ring (bicyclic) bond motifs is 4. The Bertz CT molecular complexity index is 681. The van der Waals surface area contributed by atoms with Gasteiger partial charge in [0.05, 0.1) is 0 Å². The number of carbonyl (C=O) groups excluding carboxylic acids is 2. The van der Waals surface area contributed by atoms with E-state index in [4.69, 9.17) is 5.73 Å². The summed E-state index contributed by atoms with van der Waals surface area (Å²) in [5.41, 5.74) is 4.92. The summed E-state index contributed by atoms with van der Waals surface area (Å²) in [7, 11) is 0. The molecule has 2 amide bonds. The normalized spacial score (nSPS) is 24.6. The molecule has 3 rings (SSSR count). The molecule has 0 aromatic carbocycles. The first-order chi connectivity index (χ1) is 9.90. The van der Waals surface area contributed by atoms with Gasteiger partial charge in [0.1, 0.15) is 17.9 Å². The average Bonchev–Trinajstić information content (AvgIpc) is 2.56. The summed E-state index contributed by atoms with van der Waals surface area (Å²) < 4.78 is 1.61. The fraction of sp³-hybridized carbons (Fsp3) is 0.500. The number of hydrogen-bond donors (Lipinski definition) is 1. The summed E-state index contributed by atoms with van der Waals surface area (Å²) in [5.74, 6) is -0.956. The van der Waals surface area contributed by atoms with Crippen LogP contribution in [0.25, 0.3) is 0 Å². The highest BCUT2D eigenvalue weighted by molar-refractivity contribution is 5.96. The van der Waals surface area contributed by atoms with Crippen molar-refractivity contribution in [1.82, 2.24) is 9.58 Å². The smallest absolute Gasteiger partial charge is 0.274 e. The largest absolute Gasteiger partial charge is 0.365 e. The van der Waals surface area contributed by atoms with E-state index >= 15 is 0 Å². The van der Waals surface area contributed by atoms with Crippen LogP contribution in [0.4, 0.5) is 0 Å². The number of carbonyl (C=O) groups is 2. The van der Waals surface area contributed by atoms with E-state index in [1.807, 2.05) is 11.9 Å². The van der Waals surface area contributed by atoms with Gasteiger partial charge < -0.3 is 10.6 Å². The maximum Gasteiger partial charge on any atom is 0.274 e. The van der Waals surface area contributed by atoms with E-state index in [1.165, 1.54) is 12.3 Å². The molecule has 112 valence electrons. The minimum atomic E-state index is -0.777. The second kappa shape index (κ2) is 4.61. The predicted octanol–water partition coefficient (Wildman–Crippen LogP) is -0.131. The van der Waals surface area contributed by atoms with Gasteiger partial charge in [-0.25, -0.2) is 0 Å². The molecule has 3 heterocycles. The van der Waals surface area contributed by atoms with Gasteiger partial charge in [-0.15, -0.1) is 0 Å². The van der Waals surface area contributed by atoms with Crippen molar-refractivity contribution in [3.05, 3.63) is 33.7 Å². The van der Waals surface area contributed by atoms with Gasteiger partial charge in [-0.05, 0) is 26.7 Å². The second-order valence-electron chi connectivity index (χ2n) is 5.78. The van der Waals surface area contributed by atoms with E-state index in [2.05, 4.69) is 6.92 Å². The molecule has 2 aliphatic rings. The molecule has 1 aromatic heterocycles. The van der Waals surface area contributed by atoms with Crippen molar-refractivity contribution in [3.8, 4) is 0 Å². The number of primary amides is 1. The van der Waals surface area contributed by atoms with E-state index in [-0.39, 0.29) is 29.2 Å². The first kappa shape index (κ1) is 13.7. The first-order valence-corrected chi connectivity index (χ1v) is 7.04. The molecule has 2 bridgehead atoms. The van der Waals surface area contributed by atoms with E-state index < -0.39 is 11.3 Å². The fourth-order valence-corrected chi connectivity index (χ4v) is 2.99. The predicted molar refractivity (Wildman–Crippen MR) is 76.6 cm³/mol. The summed E-state index contributed by atoms with van der Waals surface area (Å²) >= 11 is 0. The molecule has 7 nitrogen and oxygen atoms in total. The lowest BCUT2D eigenvalue weighted by Crippen LogP contribution is -2.57. The Morgan fingerprint density at radius 3 is 2.57 bits per heavy atom. The van der Waals surface area contributed by atoms with Crippen LogP contribution >= 0.6 is 0 Å². The zero-order chi connectivity index (χ0) is 15.3. The van der Waals surface area contributed by atoms with Crippen molar-refractivity contribution < 1.29 is 9.59 Å². The van der Waals surface area contributed by atoms with Gasteiger partial charge in [-0.1, -0.05) is 0 Å². The third kappa shape index (κ3) is 2.00. The molecule has 0 saturated carbocycles. The van der Waals surface area contributed by atoms with Crippen molar-refractivity contribution in [1.29, 1.82) is 0 Å². The van der Waals surface area contributed by atoms with Gasteiger partial charge in [-0.3, -0.25) is 24.1 Å². The van der Waals surface area contributed by atoms with Gasteiger partial charge in [0, 0.05) is 24.3 Å². The summed E-state index contributed by atoms with van der Waals surface area (Å²) in [6, 6.07) is 1.55. The highest BCUT2D eigenvalue weighted by Gasteiger charge is 2.36. The molecule has 2 unspecified atom stereocenters. The summed E-state index contributed by atoms with van der Waals surface area (Å²) in [6.45, 7) is 4.53. The highest BCUT2D eigenvalue weighted by atomic mass is 16.2. The van der Waals surface area contributed by atoms with E-state index in [0.29, 0.717) is 6.67 Å². The summed E-state index contributed by atoms with van der Waals surface area (Å²) in [5, 5.41) is 1.99. The molecule has 1 aromatic rings. The van der Waals surface area contributed by atoms with E-state index in [0.717, 1.165) is 12.8 Å². The van der Waals surface area contributed by atoms with Crippen LogP contribution in [0.2, 0.25) is 0 Å². The Balaban J connectivity index is 2.21. The lowest BCUT2D eigenvalue weighted by molar-refractivity contribution is 0.0633. The van der Waals surface area contributed by atoms with Crippen molar-refractivity contribution >= 4 is 11.8 Å². The van der Waals surface area contributed by atoms with E-state index in [9.17, 15) is 14.4 Å². The molecule has 1 fully saturated rings. The van der Waals surface area contributed by atoms with Crippen LogP contribution in [0.3, 0.4) is 0 Å². The maximum absolute atomic E-state index is 12.6. The molecule has 0 aliphatic carbocycles. The molecule has 2 N–H and O–H groups in total. The SMILES string of the molecule is CC1CCC(C)N2CN1C(=O)c1cc(=O)c(C(N)=O)cn12. The Morgan fingerprint density at radius 1 is 1.24 bits per heavy atom. The molecule has 2 atom stereocenters. The average molecular weight is 290 g/mol. The molecule has 7 heteroatoms. The number of nitrogens with two attached hydrogens (primary N) is 1. The van der Waals surface area contributed by atoms with Crippen molar-refractivity contribution in [2.45, 2.75) is 38.8 Å². The van der Waals surface area contributed by atoms with Gasteiger partial charge in [0.15, 0.2) is 5.43 Å². The monoisotopic (exact) mass is 290 g/mol. The lowest BCUT2D eigenvalue weighted by Gasteiger charge is -2.41. The minimum absolute atomic E-state index is 0.0931. The molecule has 0 radical (unpaired) electrons. The van der Waals surface area contributed by atoms with Crippen LogP contribution in [0, 0.1) is 0 Å². The summed E-state index contributed by atoms with van der Waals surface area (Å²) in [6.07, 6.45) is 3.23. The maximum atomic E-state index is 12.6. The molecular weight excluding hydrogens is 272 g/mol. The molecule has 2 aliphatic heterocycles. The molecule has 0 spiro atoms. The van der Waals surface area contributed by atoms with Gasteiger partial charge >= 0.3 is 0 Å². The van der Waals surface area contributed by atoms with E-state index in [1.54, 1.807) is 9.58 Å². The Hall–Kier alpha value is -2.31. The number of rotatable bonds is 1. The zero-order valence-electron chi connectivity index (χ0n) is 12.1. The quantitative estimate of drug-likeness (QED) is 0.780. The van der Waals surface area contributed by atoms with Crippen LogP contribution in [0.5, 0.6) is 0 Å². The Kier molecular flexibility index (Phi) is 3.00. The number of pyridine rings is 1. The van der Waals surface area contributed by atoms with Crippen LogP contribution < -0.4 is 16.2 Å². The third-order valence-electron chi connectivity index (χ3n) is 4.39. The standard InChI is InChI=1S/C14H18N4O3/c1-8-3-4-9(2)18-7-16(8)14(21)11-5-12(19)10(13(15)20)6-17(11)18/h5-6,8-9H,3-4,7H2,1-2H3,(H2,15,20). The third-order valence-corrected chi connectivity index (χ3v) is 4.39. The van der Waals surface area contributed by atoms with Crippen molar-refractivity contribution in [2.24, 2.45) is 5.73 Å². The minimum Gasteiger partial charge on any atom is -0.365 e. The molecular formula is C14H18N4O3. The van der Waals surface area contributed by atoms with Crippen molar-refractivity contribution in [2.75, 3.05) is 11.7 Å². The number of nitrogens with zero attached hydrogens (tertiary/aromatic N) is 3. The van der Waals surface area contributed by atoms with Crippen molar-refractivity contribution in [3.63, 3.8) is 0 Å². The number of amides is 2. The fourth-order valence-electron chi connectivity index (χ4n) is 2.99. The number of hydrogen-bond acceptors (Lipinski definition) is 4. The van der Waals surface area contributed by atoms with Gasteiger partial charge in [0.25, 0.3) is 11.8 Å². The molecule has 21 heavy (non-hydrogen) atoms. The van der Waals surface area contributed by atoms with Gasteiger partial charge in [0.2, 0.25) is 0 Å². The Labute approximate surface area is 121 Å². The first-order valence-electron chi connectivity index (χ1n) is 7.04. The topological polar surface area (TPSA) is 88.6 Å². The van der Waals surface area contributed by atoms with Crippen LogP contribution in [0.1, 0.15) is 47.5 Å². The lowest BCUT2D eigenvalue weighted by atomic mass is 10.1. The van der Waals surface area contributed by atoms with Gasteiger partial charge in [-0.2, -0.15) is 0 Å². The Morgan fingerprint density at radius 2 is 1.90 bits per heavy atom. The zero-order valence-corrected chi connectivity index (χ0v) is 12.1. The molecule has 1 saturated heterocycles.